The summed E-state index contributed by atoms with van der Waals surface area (Å²) in [6.07, 6.45) is 1.87. The third-order valence-corrected chi connectivity index (χ3v) is 4.93. The SMILES string of the molecule is NC(=O)C1COCCN1C(=O)c1cn(Cc2ccccc2)c2ccccc12. The van der Waals surface area contributed by atoms with Gasteiger partial charge in [0.05, 0.1) is 18.8 Å². The molecule has 6 heteroatoms. The van der Waals surface area contributed by atoms with Crippen LogP contribution in [0.3, 0.4) is 0 Å². The molecule has 2 amide bonds. The van der Waals surface area contributed by atoms with Crippen molar-refractivity contribution in [3.05, 3.63) is 71.9 Å². The van der Waals surface area contributed by atoms with Crippen LogP contribution < -0.4 is 5.73 Å². The van der Waals surface area contributed by atoms with Crippen LogP contribution in [-0.4, -0.2) is 47.1 Å². The number of morpholine rings is 1. The van der Waals surface area contributed by atoms with Gasteiger partial charge in [0.25, 0.3) is 5.91 Å². The van der Waals surface area contributed by atoms with Crippen LogP contribution in [0.4, 0.5) is 0 Å². The Kier molecular flexibility index (Phi) is 4.64. The number of carbonyl (C=O) groups is 2. The zero-order chi connectivity index (χ0) is 18.8. The minimum absolute atomic E-state index is 0.143. The molecule has 1 fully saturated rings. The van der Waals surface area contributed by atoms with E-state index in [1.54, 1.807) is 0 Å². The molecule has 2 N–H and O–H groups in total. The van der Waals surface area contributed by atoms with E-state index in [1.165, 1.54) is 4.90 Å². The third-order valence-electron chi connectivity index (χ3n) is 4.93. The third kappa shape index (κ3) is 3.31. The van der Waals surface area contributed by atoms with E-state index in [2.05, 4.69) is 16.7 Å². The molecule has 1 saturated heterocycles. The summed E-state index contributed by atoms with van der Waals surface area (Å²) in [5.74, 6) is -0.735. The number of nitrogens with zero attached hydrogens (tertiary/aromatic N) is 2. The van der Waals surface area contributed by atoms with Crippen LogP contribution >= 0.6 is 0 Å². The van der Waals surface area contributed by atoms with E-state index in [1.807, 2.05) is 48.7 Å². The Morgan fingerprint density at radius 1 is 1.07 bits per heavy atom. The Hall–Kier alpha value is -3.12. The number of primary amides is 1. The first-order valence-corrected chi connectivity index (χ1v) is 8.95. The second-order valence-electron chi connectivity index (χ2n) is 6.67. The van der Waals surface area contributed by atoms with Gasteiger partial charge in [-0.25, -0.2) is 0 Å². The molecular formula is C21H21N3O3. The van der Waals surface area contributed by atoms with Crippen molar-refractivity contribution in [3.8, 4) is 0 Å². The Morgan fingerprint density at radius 3 is 2.59 bits per heavy atom. The normalized spacial score (nSPS) is 17.2. The molecule has 0 aliphatic carbocycles. The first-order valence-electron chi connectivity index (χ1n) is 8.95. The van der Waals surface area contributed by atoms with Crippen LogP contribution in [0, 0.1) is 0 Å². The lowest BCUT2D eigenvalue weighted by atomic mass is 10.1. The molecule has 3 aromatic rings. The quantitative estimate of drug-likeness (QED) is 0.770. The van der Waals surface area contributed by atoms with E-state index in [-0.39, 0.29) is 12.5 Å². The van der Waals surface area contributed by atoms with E-state index in [0.717, 1.165) is 16.5 Å². The number of amides is 2. The van der Waals surface area contributed by atoms with Gasteiger partial charge in [0.2, 0.25) is 5.91 Å². The number of hydrogen-bond donors (Lipinski definition) is 1. The van der Waals surface area contributed by atoms with E-state index in [4.69, 9.17) is 10.5 Å². The van der Waals surface area contributed by atoms with Gasteiger partial charge in [-0.3, -0.25) is 9.59 Å². The molecule has 0 radical (unpaired) electrons. The average Bonchev–Trinajstić information content (AvgIpc) is 3.07. The largest absolute Gasteiger partial charge is 0.377 e. The molecular weight excluding hydrogens is 342 g/mol. The summed E-state index contributed by atoms with van der Waals surface area (Å²) in [4.78, 5) is 26.5. The highest BCUT2D eigenvalue weighted by Gasteiger charge is 2.33. The van der Waals surface area contributed by atoms with E-state index in [0.29, 0.717) is 25.3 Å². The maximum atomic E-state index is 13.2. The maximum absolute atomic E-state index is 13.2. The first kappa shape index (κ1) is 17.3. The topological polar surface area (TPSA) is 77.6 Å². The smallest absolute Gasteiger partial charge is 0.256 e. The molecule has 0 saturated carbocycles. The number of rotatable bonds is 4. The highest BCUT2D eigenvalue weighted by atomic mass is 16.5. The number of hydrogen-bond acceptors (Lipinski definition) is 3. The second kappa shape index (κ2) is 7.25. The van der Waals surface area contributed by atoms with Crippen LogP contribution in [0.15, 0.2) is 60.8 Å². The van der Waals surface area contributed by atoms with Crippen LogP contribution in [-0.2, 0) is 16.1 Å². The van der Waals surface area contributed by atoms with Crippen molar-refractivity contribution >= 4 is 22.7 Å². The van der Waals surface area contributed by atoms with Gasteiger partial charge in [-0.05, 0) is 11.6 Å². The molecule has 1 unspecified atom stereocenters. The van der Waals surface area contributed by atoms with Gasteiger partial charge >= 0.3 is 0 Å². The van der Waals surface area contributed by atoms with E-state index < -0.39 is 11.9 Å². The summed E-state index contributed by atoms with van der Waals surface area (Å²) in [6, 6.07) is 17.2. The molecule has 1 atom stereocenters. The molecule has 0 bridgehead atoms. The Balaban J connectivity index is 1.73. The first-order chi connectivity index (χ1) is 13.1. The predicted molar refractivity (Wildman–Crippen MR) is 102 cm³/mol. The maximum Gasteiger partial charge on any atom is 0.256 e. The van der Waals surface area contributed by atoms with Gasteiger partial charge in [-0.1, -0.05) is 48.5 Å². The molecule has 1 aromatic heterocycles. The number of carbonyl (C=O) groups excluding carboxylic acids is 2. The van der Waals surface area contributed by atoms with Crippen molar-refractivity contribution in [1.29, 1.82) is 0 Å². The lowest BCUT2D eigenvalue weighted by Crippen LogP contribution is -2.54. The summed E-state index contributed by atoms with van der Waals surface area (Å²) in [5, 5.41) is 0.869. The van der Waals surface area contributed by atoms with Crippen molar-refractivity contribution in [2.75, 3.05) is 19.8 Å². The fourth-order valence-corrected chi connectivity index (χ4v) is 3.57. The van der Waals surface area contributed by atoms with Crippen LogP contribution in [0.25, 0.3) is 10.9 Å². The summed E-state index contributed by atoms with van der Waals surface area (Å²) < 4.78 is 7.40. The number of para-hydroxylation sites is 1. The summed E-state index contributed by atoms with van der Waals surface area (Å²) in [6.45, 7) is 1.56. The van der Waals surface area contributed by atoms with Gasteiger partial charge in [-0.2, -0.15) is 0 Å². The molecule has 138 valence electrons. The second-order valence-corrected chi connectivity index (χ2v) is 6.67. The average molecular weight is 363 g/mol. The van der Waals surface area contributed by atoms with Crippen LogP contribution in [0.1, 0.15) is 15.9 Å². The van der Waals surface area contributed by atoms with E-state index in [9.17, 15) is 9.59 Å². The molecule has 2 aromatic carbocycles. The zero-order valence-corrected chi connectivity index (χ0v) is 14.9. The molecule has 1 aliphatic rings. The summed E-state index contributed by atoms with van der Waals surface area (Å²) in [7, 11) is 0. The van der Waals surface area contributed by atoms with Gasteiger partial charge < -0.3 is 19.9 Å². The molecule has 6 nitrogen and oxygen atoms in total. The molecule has 2 heterocycles. The van der Waals surface area contributed by atoms with Gasteiger partial charge in [0.15, 0.2) is 0 Å². The summed E-state index contributed by atoms with van der Waals surface area (Å²) >= 11 is 0. The van der Waals surface area contributed by atoms with Gasteiger partial charge in [-0.15, -0.1) is 0 Å². The minimum Gasteiger partial charge on any atom is -0.377 e. The molecule has 27 heavy (non-hydrogen) atoms. The van der Waals surface area contributed by atoms with Crippen LogP contribution in [0.5, 0.6) is 0 Å². The highest BCUT2D eigenvalue weighted by molar-refractivity contribution is 6.08. The monoisotopic (exact) mass is 363 g/mol. The number of benzene rings is 2. The van der Waals surface area contributed by atoms with Crippen molar-refractivity contribution in [2.24, 2.45) is 5.73 Å². The lowest BCUT2D eigenvalue weighted by molar-refractivity contribution is -0.127. The van der Waals surface area contributed by atoms with Crippen molar-refractivity contribution in [2.45, 2.75) is 12.6 Å². The number of ether oxygens (including phenoxy) is 1. The molecule has 1 aliphatic heterocycles. The van der Waals surface area contributed by atoms with E-state index >= 15 is 0 Å². The minimum atomic E-state index is -0.734. The standard InChI is InChI=1S/C21H21N3O3/c22-20(25)19-14-27-11-10-24(19)21(26)17-13-23(12-15-6-2-1-3-7-15)18-9-5-4-8-16(17)18/h1-9,13,19H,10-12,14H2,(H2,22,25). The lowest BCUT2D eigenvalue weighted by Gasteiger charge is -2.33. The van der Waals surface area contributed by atoms with Crippen LogP contribution in [0.2, 0.25) is 0 Å². The van der Waals surface area contributed by atoms with Gasteiger partial charge in [0.1, 0.15) is 6.04 Å². The zero-order valence-electron chi connectivity index (χ0n) is 14.9. The summed E-state index contributed by atoms with van der Waals surface area (Å²) in [5.41, 5.74) is 8.19. The number of aromatic nitrogens is 1. The molecule has 4 rings (SSSR count). The fraction of sp³-hybridized carbons (Fsp3) is 0.238. The Bertz CT molecular complexity index is 981. The Morgan fingerprint density at radius 2 is 1.81 bits per heavy atom. The number of nitrogens with two attached hydrogens (primary N) is 1. The van der Waals surface area contributed by atoms with Crippen molar-refractivity contribution in [3.63, 3.8) is 0 Å². The highest BCUT2D eigenvalue weighted by Crippen LogP contribution is 2.25. The van der Waals surface area contributed by atoms with Gasteiger partial charge in [0, 0.05) is 30.2 Å². The number of fused-ring (bicyclic) bond motifs is 1. The van der Waals surface area contributed by atoms with Crippen molar-refractivity contribution < 1.29 is 14.3 Å². The van der Waals surface area contributed by atoms with Crippen molar-refractivity contribution in [1.82, 2.24) is 9.47 Å². The predicted octanol–water partition coefficient (Wildman–Crippen LogP) is 2.02. The fourth-order valence-electron chi connectivity index (χ4n) is 3.57. The Labute approximate surface area is 157 Å². The molecule has 0 spiro atoms.